The van der Waals surface area contributed by atoms with E-state index < -0.39 is 0 Å². The Labute approximate surface area is 168 Å². The molecule has 148 valence electrons. The van der Waals surface area contributed by atoms with Gasteiger partial charge in [0.15, 0.2) is 0 Å². The standard InChI is InChI=1S/C24H31N3O/c25-23-18-27(17-22(23)20-10-4-3-5-11-20)24(28)21-12-8-9-19(15-21)16-26-13-6-1-2-7-14-26/h3-5,8-12,15,22-23H,1-2,6-7,13-14,16-18,25H2/t22-,23+/m1/s1. The van der Waals surface area contributed by atoms with Gasteiger partial charge in [-0.25, -0.2) is 0 Å². The van der Waals surface area contributed by atoms with Gasteiger partial charge in [0.2, 0.25) is 0 Å². The number of likely N-dealkylation sites (tertiary alicyclic amines) is 2. The molecule has 0 aliphatic carbocycles. The van der Waals surface area contributed by atoms with Crippen LogP contribution in [0.15, 0.2) is 54.6 Å². The van der Waals surface area contributed by atoms with Crippen molar-refractivity contribution in [3.05, 3.63) is 71.3 Å². The molecule has 2 N–H and O–H groups in total. The van der Waals surface area contributed by atoms with Crippen LogP contribution < -0.4 is 5.73 Å². The molecular weight excluding hydrogens is 346 g/mol. The average molecular weight is 378 g/mol. The Morgan fingerprint density at radius 1 is 0.929 bits per heavy atom. The molecule has 2 aliphatic rings. The summed E-state index contributed by atoms with van der Waals surface area (Å²) in [6, 6.07) is 18.5. The van der Waals surface area contributed by atoms with Gasteiger partial charge in [-0.1, -0.05) is 55.3 Å². The van der Waals surface area contributed by atoms with Gasteiger partial charge < -0.3 is 10.6 Å². The molecular formula is C24H31N3O. The first-order valence-corrected chi connectivity index (χ1v) is 10.6. The third kappa shape index (κ3) is 4.45. The molecule has 28 heavy (non-hydrogen) atoms. The minimum atomic E-state index is -0.00775. The molecule has 2 atom stereocenters. The average Bonchev–Trinajstić information content (AvgIpc) is 2.93. The molecule has 2 heterocycles. The van der Waals surface area contributed by atoms with Crippen molar-refractivity contribution in [1.29, 1.82) is 0 Å². The number of nitrogens with two attached hydrogens (primary N) is 1. The summed E-state index contributed by atoms with van der Waals surface area (Å²) in [5, 5.41) is 0. The van der Waals surface area contributed by atoms with E-state index in [1.807, 2.05) is 35.2 Å². The van der Waals surface area contributed by atoms with Gasteiger partial charge in [-0.2, -0.15) is 0 Å². The van der Waals surface area contributed by atoms with Crippen LogP contribution in [0.1, 0.15) is 53.1 Å². The summed E-state index contributed by atoms with van der Waals surface area (Å²) < 4.78 is 0. The predicted molar refractivity (Wildman–Crippen MR) is 113 cm³/mol. The number of nitrogens with zero attached hydrogens (tertiary/aromatic N) is 2. The molecule has 2 saturated heterocycles. The van der Waals surface area contributed by atoms with Gasteiger partial charge in [-0.05, 0) is 49.2 Å². The van der Waals surface area contributed by atoms with Crippen molar-refractivity contribution in [2.75, 3.05) is 26.2 Å². The second-order valence-electron chi connectivity index (χ2n) is 8.28. The lowest BCUT2D eigenvalue weighted by Crippen LogP contribution is -2.32. The van der Waals surface area contributed by atoms with Crippen LogP contribution >= 0.6 is 0 Å². The fraction of sp³-hybridized carbons (Fsp3) is 0.458. The maximum atomic E-state index is 13.1. The molecule has 0 radical (unpaired) electrons. The number of benzene rings is 2. The summed E-state index contributed by atoms with van der Waals surface area (Å²) in [4.78, 5) is 17.6. The van der Waals surface area contributed by atoms with Gasteiger partial charge in [-0.15, -0.1) is 0 Å². The summed E-state index contributed by atoms with van der Waals surface area (Å²) in [5.41, 5.74) is 9.63. The zero-order chi connectivity index (χ0) is 19.3. The van der Waals surface area contributed by atoms with E-state index in [4.69, 9.17) is 5.73 Å². The van der Waals surface area contributed by atoms with Crippen LogP contribution in [0.3, 0.4) is 0 Å². The van der Waals surface area contributed by atoms with Crippen LogP contribution in [0.4, 0.5) is 0 Å². The van der Waals surface area contributed by atoms with E-state index in [0.29, 0.717) is 13.1 Å². The lowest BCUT2D eigenvalue weighted by Gasteiger charge is -2.21. The zero-order valence-electron chi connectivity index (χ0n) is 16.6. The topological polar surface area (TPSA) is 49.6 Å². The Bertz CT molecular complexity index is 783. The first-order chi connectivity index (χ1) is 13.7. The first kappa shape index (κ1) is 19.2. The van der Waals surface area contributed by atoms with E-state index in [0.717, 1.165) is 25.2 Å². The van der Waals surface area contributed by atoms with Crippen molar-refractivity contribution < 1.29 is 4.79 Å². The molecule has 0 aromatic heterocycles. The second kappa shape index (κ2) is 8.89. The Morgan fingerprint density at radius 3 is 2.43 bits per heavy atom. The van der Waals surface area contributed by atoms with Crippen molar-refractivity contribution in [3.8, 4) is 0 Å². The number of carbonyl (C=O) groups is 1. The monoisotopic (exact) mass is 377 g/mol. The van der Waals surface area contributed by atoms with Crippen molar-refractivity contribution in [3.63, 3.8) is 0 Å². The summed E-state index contributed by atoms with van der Waals surface area (Å²) in [6.07, 6.45) is 5.25. The predicted octanol–water partition coefficient (Wildman–Crippen LogP) is 3.63. The molecule has 0 unspecified atom stereocenters. The highest BCUT2D eigenvalue weighted by Crippen LogP contribution is 2.27. The fourth-order valence-electron chi connectivity index (χ4n) is 4.59. The number of hydrogen-bond acceptors (Lipinski definition) is 3. The van der Waals surface area contributed by atoms with Crippen molar-refractivity contribution in [2.24, 2.45) is 5.73 Å². The Hall–Kier alpha value is -2.17. The maximum Gasteiger partial charge on any atom is 0.253 e. The highest BCUT2D eigenvalue weighted by molar-refractivity contribution is 5.94. The van der Waals surface area contributed by atoms with Crippen LogP contribution in [0, 0.1) is 0 Å². The number of hydrogen-bond donors (Lipinski definition) is 1. The van der Waals surface area contributed by atoms with E-state index >= 15 is 0 Å². The molecule has 4 nitrogen and oxygen atoms in total. The van der Waals surface area contributed by atoms with Crippen molar-refractivity contribution in [1.82, 2.24) is 9.80 Å². The molecule has 2 aromatic rings. The van der Waals surface area contributed by atoms with Crippen LogP contribution in [0.5, 0.6) is 0 Å². The van der Waals surface area contributed by atoms with Gasteiger partial charge >= 0.3 is 0 Å². The van der Waals surface area contributed by atoms with E-state index in [1.54, 1.807) is 0 Å². The summed E-state index contributed by atoms with van der Waals surface area (Å²) in [5.74, 6) is 0.317. The van der Waals surface area contributed by atoms with Gasteiger partial charge in [0.25, 0.3) is 5.91 Å². The largest absolute Gasteiger partial charge is 0.336 e. The number of rotatable bonds is 4. The Kier molecular flexibility index (Phi) is 6.08. The molecule has 1 amide bonds. The zero-order valence-corrected chi connectivity index (χ0v) is 16.6. The molecule has 4 heteroatoms. The Balaban J connectivity index is 1.43. The van der Waals surface area contributed by atoms with E-state index in [1.165, 1.54) is 36.8 Å². The lowest BCUT2D eigenvalue weighted by atomic mass is 9.95. The lowest BCUT2D eigenvalue weighted by molar-refractivity contribution is 0.0789. The van der Waals surface area contributed by atoms with Crippen molar-refractivity contribution >= 4 is 5.91 Å². The highest BCUT2D eigenvalue weighted by Gasteiger charge is 2.34. The molecule has 2 aliphatic heterocycles. The minimum absolute atomic E-state index is 0.00775. The molecule has 4 rings (SSSR count). The fourth-order valence-corrected chi connectivity index (χ4v) is 4.59. The Morgan fingerprint density at radius 2 is 1.68 bits per heavy atom. The van der Waals surface area contributed by atoms with Gasteiger partial charge in [0.05, 0.1) is 0 Å². The first-order valence-electron chi connectivity index (χ1n) is 10.6. The van der Waals surface area contributed by atoms with Crippen LogP contribution in [-0.4, -0.2) is 47.9 Å². The second-order valence-corrected chi connectivity index (χ2v) is 8.28. The van der Waals surface area contributed by atoms with Crippen molar-refractivity contribution in [2.45, 2.75) is 44.2 Å². The normalized spacial score (nSPS) is 23.5. The van der Waals surface area contributed by atoms with Crippen LogP contribution in [-0.2, 0) is 6.54 Å². The summed E-state index contributed by atoms with van der Waals surface area (Å²) in [7, 11) is 0. The number of carbonyl (C=O) groups excluding carboxylic acids is 1. The molecule has 2 fully saturated rings. The molecule has 2 aromatic carbocycles. The van der Waals surface area contributed by atoms with E-state index in [-0.39, 0.29) is 17.9 Å². The summed E-state index contributed by atoms with van der Waals surface area (Å²) >= 11 is 0. The third-order valence-electron chi connectivity index (χ3n) is 6.16. The van der Waals surface area contributed by atoms with Gasteiger partial charge in [-0.3, -0.25) is 9.69 Å². The van der Waals surface area contributed by atoms with Gasteiger partial charge in [0, 0.05) is 37.2 Å². The minimum Gasteiger partial charge on any atom is -0.336 e. The SMILES string of the molecule is N[C@H]1CN(C(=O)c2cccc(CN3CCCCCC3)c2)C[C@@H]1c1ccccc1. The third-order valence-corrected chi connectivity index (χ3v) is 6.16. The molecule has 0 bridgehead atoms. The maximum absolute atomic E-state index is 13.1. The van der Waals surface area contributed by atoms with Crippen LogP contribution in [0.25, 0.3) is 0 Å². The molecule has 0 spiro atoms. The quantitative estimate of drug-likeness (QED) is 0.885. The molecule has 0 saturated carbocycles. The van der Waals surface area contributed by atoms with Crippen LogP contribution in [0.2, 0.25) is 0 Å². The van der Waals surface area contributed by atoms with E-state index in [2.05, 4.69) is 29.2 Å². The van der Waals surface area contributed by atoms with Gasteiger partial charge in [0.1, 0.15) is 0 Å². The number of amides is 1. The smallest absolute Gasteiger partial charge is 0.253 e. The summed E-state index contributed by atoms with van der Waals surface area (Å²) in [6.45, 7) is 4.58. The highest BCUT2D eigenvalue weighted by atomic mass is 16.2. The van der Waals surface area contributed by atoms with E-state index in [9.17, 15) is 4.79 Å².